The van der Waals surface area contributed by atoms with Gasteiger partial charge in [0.1, 0.15) is 0 Å². The first-order valence-corrected chi connectivity index (χ1v) is 10.7. The Labute approximate surface area is 185 Å². The van der Waals surface area contributed by atoms with Crippen LogP contribution < -0.4 is 5.32 Å². The van der Waals surface area contributed by atoms with Crippen LogP contribution in [0.25, 0.3) is 0 Å². The standard InChI is InChI=1S/C24H27F3N2O3/c1-2-32-22(31)23(18-7-4-3-5-8-18)12-15-29(16-13-23)14-11-21(30)28-20-10-6-9-19(17-20)24(25,26)27/h3-10,17H,2,11-16H2,1H3,(H,28,30). The molecule has 2 aromatic carbocycles. The average molecular weight is 448 g/mol. The van der Waals surface area contributed by atoms with Crippen molar-refractivity contribution in [2.45, 2.75) is 37.8 Å². The molecule has 1 amide bonds. The number of piperidine rings is 1. The van der Waals surface area contributed by atoms with Crippen molar-refractivity contribution < 1.29 is 27.5 Å². The number of hydrogen-bond donors (Lipinski definition) is 1. The van der Waals surface area contributed by atoms with Crippen molar-refractivity contribution in [3.8, 4) is 0 Å². The third-order valence-electron chi connectivity index (χ3n) is 5.83. The molecule has 0 radical (unpaired) electrons. The number of carbonyl (C=O) groups is 2. The molecule has 1 aliphatic heterocycles. The van der Waals surface area contributed by atoms with Crippen molar-refractivity contribution in [3.63, 3.8) is 0 Å². The van der Waals surface area contributed by atoms with E-state index in [9.17, 15) is 22.8 Å². The molecule has 32 heavy (non-hydrogen) atoms. The van der Waals surface area contributed by atoms with Gasteiger partial charge in [-0.2, -0.15) is 13.2 Å². The summed E-state index contributed by atoms with van der Waals surface area (Å²) in [6.07, 6.45) is -3.16. The Hall–Kier alpha value is -2.87. The summed E-state index contributed by atoms with van der Waals surface area (Å²) >= 11 is 0. The number of nitrogens with one attached hydrogen (secondary N) is 1. The van der Waals surface area contributed by atoms with Crippen LogP contribution in [0.3, 0.4) is 0 Å². The fraction of sp³-hybridized carbons (Fsp3) is 0.417. The van der Waals surface area contributed by atoms with Crippen molar-refractivity contribution in [1.82, 2.24) is 4.90 Å². The number of ether oxygens (including phenoxy) is 1. The number of halogens is 3. The lowest BCUT2D eigenvalue weighted by atomic mass is 9.72. The molecule has 0 bridgehead atoms. The predicted molar refractivity (Wildman–Crippen MR) is 115 cm³/mol. The third-order valence-corrected chi connectivity index (χ3v) is 5.83. The topological polar surface area (TPSA) is 58.6 Å². The van der Waals surface area contributed by atoms with Crippen LogP contribution in [0.15, 0.2) is 54.6 Å². The predicted octanol–water partition coefficient (Wildman–Crippen LogP) is 4.63. The zero-order chi connectivity index (χ0) is 23.2. The molecule has 0 aromatic heterocycles. The van der Waals surface area contributed by atoms with Gasteiger partial charge in [-0.15, -0.1) is 0 Å². The summed E-state index contributed by atoms with van der Waals surface area (Å²) < 4.78 is 43.9. The summed E-state index contributed by atoms with van der Waals surface area (Å²) in [5, 5.41) is 2.53. The Morgan fingerprint density at radius 3 is 2.38 bits per heavy atom. The molecule has 0 unspecified atom stereocenters. The number of amides is 1. The summed E-state index contributed by atoms with van der Waals surface area (Å²) in [5.41, 5.74) is -0.453. The first-order valence-electron chi connectivity index (χ1n) is 10.7. The summed E-state index contributed by atoms with van der Waals surface area (Å²) in [6, 6.07) is 14.2. The Morgan fingerprint density at radius 2 is 1.75 bits per heavy atom. The van der Waals surface area contributed by atoms with E-state index in [2.05, 4.69) is 10.2 Å². The van der Waals surface area contributed by atoms with Gasteiger partial charge in [-0.3, -0.25) is 9.59 Å². The van der Waals surface area contributed by atoms with Crippen molar-refractivity contribution in [3.05, 3.63) is 65.7 Å². The Kier molecular flexibility index (Phi) is 7.56. The van der Waals surface area contributed by atoms with E-state index in [1.54, 1.807) is 6.92 Å². The molecule has 0 saturated carbocycles. The van der Waals surface area contributed by atoms with Gasteiger partial charge in [0.25, 0.3) is 0 Å². The molecule has 5 nitrogen and oxygen atoms in total. The number of carbonyl (C=O) groups excluding carboxylic acids is 2. The minimum atomic E-state index is -4.46. The van der Waals surface area contributed by atoms with Crippen molar-refractivity contribution in [2.24, 2.45) is 0 Å². The van der Waals surface area contributed by atoms with Gasteiger partial charge >= 0.3 is 12.1 Å². The number of likely N-dealkylation sites (tertiary alicyclic amines) is 1. The van der Waals surface area contributed by atoms with Gasteiger partial charge in [0.2, 0.25) is 5.91 Å². The molecule has 1 aliphatic rings. The number of esters is 1. The van der Waals surface area contributed by atoms with Gasteiger partial charge in [-0.05, 0) is 56.6 Å². The monoisotopic (exact) mass is 448 g/mol. The van der Waals surface area contributed by atoms with Crippen molar-refractivity contribution in [2.75, 3.05) is 31.6 Å². The van der Waals surface area contributed by atoms with Crippen LogP contribution in [0.2, 0.25) is 0 Å². The second kappa shape index (κ2) is 10.2. The van der Waals surface area contributed by atoms with E-state index in [0.717, 1.165) is 17.7 Å². The third kappa shape index (κ3) is 5.68. The zero-order valence-corrected chi connectivity index (χ0v) is 18.0. The highest BCUT2D eigenvalue weighted by Crippen LogP contribution is 2.37. The highest BCUT2D eigenvalue weighted by atomic mass is 19.4. The van der Waals surface area contributed by atoms with Gasteiger partial charge in [0.15, 0.2) is 0 Å². The first kappa shape index (κ1) is 23.8. The molecule has 0 spiro atoms. The Morgan fingerprint density at radius 1 is 1.06 bits per heavy atom. The number of benzene rings is 2. The summed E-state index contributed by atoms with van der Waals surface area (Å²) in [5.74, 6) is -0.581. The van der Waals surface area contributed by atoms with E-state index in [4.69, 9.17) is 4.74 Å². The molecule has 1 fully saturated rings. The molecular weight excluding hydrogens is 421 g/mol. The van der Waals surface area contributed by atoms with E-state index in [0.29, 0.717) is 39.1 Å². The molecule has 1 N–H and O–H groups in total. The van der Waals surface area contributed by atoms with E-state index in [1.807, 2.05) is 30.3 Å². The smallest absolute Gasteiger partial charge is 0.416 e. The second-order valence-electron chi connectivity index (χ2n) is 7.89. The highest BCUT2D eigenvalue weighted by molar-refractivity contribution is 5.91. The SMILES string of the molecule is CCOC(=O)C1(c2ccccc2)CCN(CCC(=O)Nc2cccc(C(F)(F)F)c2)CC1. The molecule has 2 aromatic rings. The molecule has 0 atom stereocenters. The van der Waals surface area contributed by atoms with Gasteiger partial charge in [-0.25, -0.2) is 0 Å². The van der Waals surface area contributed by atoms with Crippen LogP contribution in [0.5, 0.6) is 0 Å². The van der Waals surface area contributed by atoms with Crippen LogP contribution >= 0.6 is 0 Å². The van der Waals surface area contributed by atoms with Crippen LogP contribution in [0.1, 0.15) is 37.3 Å². The minimum absolute atomic E-state index is 0.119. The van der Waals surface area contributed by atoms with E-state index in [-0.39, 0.29) is 24.0 Å². The van der Waals surface area contributed by atoms with E-state index in [1.165, 1.54) is 12.1 Å². The Balaban J connectivity index is 1.56. The van der Waals surface area contributed by atoms with Crippen molar-refractivity contribution in [1.29, 1.82) is 0 Å². The van der Waals surface area contributed by atoms with E-state index >= 15 is 0 Å². The van der Waals surface area contributed by atoms with Crippen LogP contribution in [0, 0.1) is 0 Å². The van der Waals surface area contributed by atoms with Crippen LogP contribution in [0.4, 0.5) is 18.9 Å². The lowest BCUT2D eigenvalue weighted by Crippen LogP contribution is -2.48. The maximum Gasteiger partial charge on any atom is 0.416 e. The highest BCUT2D eigenvalue weighted by Gasteiger charge is 2.44. The number of rotatable bonds is 7. The first-order chi connectivity index (χ1) is 15.2. The second-order valence-corrected chi connectivity index (χ2v) is 7.89. The number of nitrogens with zero attached hydrogens (tertiary/aromatic N) is 1. The van der Waals surface area contributed by atoms with Gasteiger partial charge in [-0.1, -0.05) is 36.4 Å². The lowest BCUT2D eigenvalue weighted by molar-refractivity contribution is -0.152. The molecule has 1 heterocycles. The molecule has 8 heteroatoms. The molecule has 0 aliphatic carbocycles. The summed E-state index contributed by atoms with van der Waals surface area (Å²) in [7, 11) is 0. The maximum absolute atomic E-state index is 12.8. The molecule has 172 valence electrons. The fourth-order valence-electron chi connectivity index (χ4n) is 4.05. The van der Waals surface area contributed by atoms with Gasteiger partial charge < -0.3 is 15.0 Å². The van der Waals surface area contributed by atoms with E-state index < -0.39 is 17.2 Å². The zero-order valence-electron chi connectivity index (χ0n) is 18.0. The largest absolute Gasteiger partial charge is 0.465 e. The normalized spacial score (nSPS) is 16.4. The van der Waals surface area contributed by atoms with Crippen LogP contribution in [-0.2, 0) is 25.9 Å². The van der Waals surface area contributed by atoms with Gasteiger partial charge in [0, 0.05) is 18.7 Å². The van der Waals surface area contributed by atoms with Crippen molar-refractivity contribution >= 4 is 17.6 Å². The Bertz CT molecular complexity index is 924. The number of anilines is 1. The van der Waals surface area contributed by atoms with Crippen LogP contribution in [-0.4, -0.2) is 43.0 Å². The fourth-order valence-corrected chi connectivity index (χ4v) is 4.05. The van der Waals surface area contributed by atoms with Gasteiger partial charge in [0.05, 0.1) is 17.6 Å². The molecule has 3 rings (SSSR count). The molecular formula is C24H27F3N2O3. The minimum Gasteiger partial charge on any atom is -0.465 e. The summed E-state index contributed by atoms with van der Waals surface area (Å²) in [4.78, 5) is 27.2. The molecule has 1 saturated heterocycles. The maximum atomic E-state index is 12.8. The quantitative estimate of drug-likeness (QED) is 0.628. The average Bonchev–Trinajstić information content (AvgIpc) is 2.78. The number of hydrogen-bond acceptors (Lipinski definition) is 4. The lowest BCUT2D eigenvalue weighted by Gasteiger charge is -2.40. The summed E-state index contributed by atoms with van der Waals surface area (Å²) in [6.45, 7) is 3.79. The number of alkyl halides is 3.